The molecular formula is C14H12FNO. The summed E-state index contributed by atoms with van der Waals surface area (Å²) in [5.74, 6) is -0.393. The highest BCUT2D eigenvalue weighted by Gasteiger charge is 2.10. The minimum Gasteiger partial charge on any atom is -0.308 e. The number of amides is 1. The van der Waals surface area contributed by atoms with E-state index in [0.717, 1.165) is 5.56 Å². The zero-order valence-electron chi connectivity index (χ0n) is 9.21. The van der Waals surface area contributed by atoms with Crippen molar-refractivity contribution in [2.75, 3.05) is 4.90 Å². The predicted octanol–water partition coefficient (Wildman–Crippen LogP) is 2.99. The van der Waals surface area contributed by atoms with Crippen molar-refractivity contribution in [3.8, 4) is 0 Å². The molecule has 0 saturated carbocycles. The Labute approximate surface area is 99.3 Å². The Morgan fingerprint density at radius 2 is 1.65 bits per heavy atom. The topological polar surface area (TPSA) is 20.3 Å². The summed E-state index contributed by atoms with van der Waals surface area (Å²) in [5, 5.41) is 0. The lowest BCUT2D eigenvalue weighted by atomic mass is 10.2. The first-order valence-electron chi connectivity index (χ1n) is 5.31. The highest BCUT2D eigenvalue weighted by Crippen LogP contribution is 2.19. The van der Waals surface area contributed by atoms with Crippen LogP contribution in [0.25, 0.3) is 0 Å². The van der Waals surface area contributed by atoms with E-state index < -0.39 is 5.82 Å². The fourth-order valence-corrected chi connectivity index (χ4v) is 1.64. The third-order valence-electron chi connectivity index (χ3n) is 2.48. The number of anilines is 1. The molecule has 0 fully saturated rings. The second-order valence-electron chi connectivity index (χ2n) is 3.67. The van der Waals surface area contributed by atoms with Gasteiger partial charge in [-0.25, -0.2) is 4.39 Å². The largest absolute Gasteiger partial charge is 0.308 e. The van der Waals surface area contributed by atoms with Crippen LogP contribution in [0.1, 0.15) is 5.56 Å². The van der Waals surface area contributed by atoms with Crippen molar-refractivity contribution < 1.29 is 9.18 Å². The van der Waals surface area contributed by atoms with Crippen LogP contribution in [0, 0.1) is 5.82 Å². The lowest BCUT2D eigenvalue weighted by Crippen LogP contribution is -2.21. The van der Waals surface area contributed by atoms with Gasteiger partial charge in [0.1, 0.15) is 5.82 Å². The summed E-state index contributed by atoms with van der Waals surface area (Å²) in [6.07, 6.45) is 0.644. The van der Waals surface area contributed by atoms with Crippen LogP contribution in [0.4, 0.5) is 10.1 Å². The van der Waals surface area contributed by atoms with E-state index in [-0.39, 0.29) is 0 Å². The van der Waals surface area contributed by atoms with Gasteiger partial charge in [-0.15, -0.1) is 0 Å². The maximum Gasteiger partial charge on any atom is 0.214 e. The van der Waals surface area contributed by atoms with Crippen LogP contribution in [-0.4, -0.2) is 6.41 Å². The van der Waals surface area contributed by atoms with Gasteiger partial charge >= 0.3 is 0 Å². The monoisotopic (exact) mass is 229 g/mol. The molecule has 2 aromatic carbocycles. The van der Waals surface area contributed by atoms with Gasteiger partial charge in [-0.2, -0.15) is 0 Å². The predicted molar refractivity (Wildman–Crippen MR) is 65.1 cm³/mol. The Bertz CT molecular complexity index is 499. The first-order valence-corrected chi connectivity index (χ1v) is 5.31. The first-order chi connectivity index (χ1) is 8.31. The molecule has 0 aliphatic rings. The summed E-state index contributed by atoms with van der Waals surface area (Å²) in [7, 11) is 0. The van der Waals surface area contributed by atoms with Crippen molar-refractivity contribution in [2.45, 2.75) is 6.54 Å². The zero-order valence-corrected chi connectivity index (χ0v) is 9.21. The van der Waals surface area contributed by atoms with Crippen molar-refractivity contribution >= 4 is 12.1 Å². The van der Waals surface area contributed by atoms with Gasteiger partial charge in [0.15, 0.2) is 0 Å². The van der Waals surface area contributed by atoms with Gasteiger partial charge in [0.05, 0.1) is 12.2 Å². The van der Waals surface area contributed by atoms with E-state index in [1.807, 2.05) is 30.3 Å². The number of rotatable bonds is 4. The SMILES string of the molecule is O=CN(Cc1ccccc1)c1ccccc1F. The second kappa shape index (κ2) is 5.25. The Hall–Kier alpha value is -2.16. The van der Waals surface area contributed by atoms with E-state index >= 15 is 0 Å². The number of carbonyl (C=O) groups is 1. The smallest absolute Gasteiger partial charge is 0.214 e. The maximum absolute atomic E-state index is 13.5. The highest BCUT2D eigenvalue weighted by molar-refractivity contribution is 5.75. The first kappa shape index (κ1) is 11.3. The van der Waals surface area contributed by atoms with Crippen LogP contribution in [-0.2, 0) is 11.3 Å². The Kier molecular flexibility index (Phi) is 3.50. The van der Waals surface area contributed by atoms with Crippen LogP contribution in [0.3, 0.4) is 0 Å². The van der Waals surface area contributed by atoms with Gasteiger partial charge in [-0.05, 0) is 17.7 Å². The molecule has 0 unspecified atom stereocenters. The van der Waals surface area contributed by atoms with Crippen LogP contribution < -0.4 is 4.90 Å². The van der Waals surface area contributed by atoms with E-state index in [2.05, 4.69) is 0 Å². The van der Waals surface area contributed by atoms with Crippen molar-refractivity contribution in [1.82, 2.24) is 0 Å². The molecule has 2 aromatic rings. The Balaban J connectivity index is 2.24. The number of halogens is 1. The van der Waals surface area contributed by atoms with Crippen LogP contribution >= 0.6 is 0 Å². The van der Waals surface area contributed by atoms with Crippen LogP contribution in [0.2, 0.25) is 0 Å². The van der Waals surface area contributed by atoms with Crippen molar-refractivity contribution in [3.05, 3.63) is 66.0 Å². The zero-order chi connectivity index (χ0) is 12.1. The molecule has 0 bridgehead atoms. The quantitative estimate of drug-likeness (QED) is 0.738. The molecule has 0 heterocycles. The third-order valence-corrected chi connectivity index (χ3v) is 2.48. The van der Waals surface area contributed by atoms with Crippen LogP contribution in [0.15, 0.2) is 54.6 Å². The van der Waals surface area contributed by atoms with E-state index in [1.165, 1.54) is 11.0 Å². The molecule has 0 radical (unpaired) electrons. The Morgan fingerprint density at radius 3 is 2.29 bits per heavy atom. The summed E-state index contributed by atoms with van der Waals surface area (Å²) in [5.41, 5.74) is 1.26. The molecule has 17 heavy (non-hydrogen) atoms. The minimum absolute atomic E-state index is 0.298. The number of carbonyl (C=O) groups excluding carboxylic acids is 1. The molecule has 1 amide bonds. The molecule has 0 aliphatic carbocycles. The summed E-state index contributed by atoms with van der Waals surface area (Å²) >= 11 is 0. The fraction of sp³-hybridized carbons (Fsp3) is 0.0714. The third kappa shape index (κ3) is 2.69. The number of para-hydroxylation sites is 1. The van der Waals surface area contributed by atoms with E-state index in [4.69, 9.17) is 0 Å². The molecule has 2 nitrogen and oxygen atoms in total. The summed E-state index contributed by atoms with van der Waals surface area (Å²) in [4.78, 5) is 12.4. The van der Waals surface area contributed by atoms with E-state index in [9.17, 15) is 9.18 Å². The molecular weight excluding hydrogens is 217 g/mol. The average molecular weight is 229 g/mol. The molecule has 0 saturated heterocycles. The maximum atomic E-state index is 13.5. The van der Waals surface area contributed by atoms with Gasteiger partial charge in [-0.1, -0.05) is 42.5 Å². The van der Waals surface area contributed by atoms with Crippen molar-refractivity contribution in [1.29, 1.82) is 0 Å². The summed E-state index contributed by atoms with van der Waals surface area (Å²) in [6, 6.07) is 15.7. The minimum atomic E-state index is -0.393. The lowest BCUT2D eigenvalue weighted by Gasteiger charge is -2.17. The van der Waals surface area contributed by atoms with Gasteiger partial charge in [-0.3, -0.25) is 4.79 Å². The number of hydrogen-bond donors (Lipinski definition) is 0. The van der Waals surface area contributed by atoms with E-state index in [0.29, 0.717) is 18.6 Å². The molecule has 3 heteroatoms. The van der Waals surface area contributed by atoms with Gasteiger partial charge in [0.25, 0.3) is 0 Å². The average Bonchev–Trinajstić information content (AvgIpc) is 2.38. The number of nitrogens with zero attached hydrogens (tertiary/aromatic N) is 1. The van der Waals surface area contributed by atoms with Gasteiger partial charge in [0.2, 0.25) is 6.41 Å². The molecule has 0 aromatic heterocycles. The highest BCUT2D eigenvalue weighted by atomic mass is 19.1. The Morgan fingerprint density at radius 1 is 1.00 bits per heavy atom. The van der Waals surface area contributed by atoms with Gasteiger partial charge in [0, 0.05) is 0 Å². The van der Waals surface area contributed by atoms with Gasteiger partial charge < -0.3 is 4.90 Å². The number of hydrogen-bond acceptors (Lipinski definition) is 1. The van der Waals surface area contributed by atoms with Crippen molar-refractivity contribution in [2.24, 2.45) is 0 Å². The molecule has 0 atom stereocenters. The fourth-order valence-electron chi connectivity index (χ4n) is 1.64. The van der Waals surface area contributed by atoms with Crippen molar-refractivity contribution in [3.63, 3.8) is 0 Å². The second-order valence-corrected chi connectivity index (χ2v) is 3.67. The molecule has 0 spiro atoms. The molecule has 2 rings (SSSR count). The molecule has 0 aliphatic heterocycles. The lowest BCUT2D eigenvalue weighted by molar-refractivity contribution is -0.107. The van der Waals surface area contributed by atoms with E-state index in [1.54, 1.807) is 18.2 Å². The normalized spacial score (nSPS) is 9.94. The summed E-state index contributed by atoms with van der Waals surface area (Å²) < 4.78 is 13.5. The standard InChI is InChI=1S/C14H12FNO/c15-13-8-4-5-9-14(13)16(11-17)10-12-6-2-1-3-7-12/h1-9,11H,10H2. The van der Waals surface area contributed by atoms with Crippen LogP contribution in [0.5, 0.6) is 0 Å². The molecule has 86 valence electrons. The number of benzene rings is 2. The molecule has 0 N–H and O–H groups in total. The summed E-state index contributed by atoms with van der Waals surface area (Å²) in [6.45, 7) is 0.366.